The first-order valence-corrected chi connectivity index (χ1v) is 20.4. The number of anilines is 1. The largest absolute Gasteiger partial charge is 0.508 e. The Balaban J connectivity index is 1.19. The van der Waals surface area contributed by atoms with Crippen molar-refractivity contribution in [2.24, 2.45) is 17.3 Å². The summed E-state index contributed by atoms with van der Waals surface area (Å²) < 4.78 is 50.6. The summed E-state index contributed by atoms with van der Waals surface area (Å²) in [5.41, 5.74) is -1.89. The van der Waals surface area contributed by atoms with Gasteiger partial charge in [0.05, 0.1) is 39.0 Å². The molecule has 4 aromatic rings. The number of piperidine rings is 1. The molecule has 8 rings (SSSR count). The minimum Gasteiger partial charge on any atom is -0.508 e. The van der Waals surface area contributed by atoms with Crippen molar-refractivity contribution in [1.82, 2.24) is 24.8 Å². The Bertz CT molecular complexity index is 2280. The van der Waals surface area contributed by atoms with Crippen LogP contribution in [0.3, 0.4) is 0 Å². The zero-order valence-corrected chi connectivity index (χ0v) is 33.7. The highest BCUT2D eigenvalue weighted by molar-refractivity contribution is 6.04. The number of benzene rings is 2. The van der Waals surface area contributed by atoms with E-state index in [2.05, 4.69) is 15.8 Å². The molecule has 2 aromatic heterocycles. The van der Waals surface area contributed by atoms with Crippen LogP contribution in [-0.4, -0.2) is 119 Å². The van der Waals surface area contributed by atoms with Gasteiger partial charge in [0.25, 0.3) is 0 Å². The molecule has 3 saturated heterocycles. The van der Waals surface area contributed by atoms with Gasteiger partial charge in [-0.15, -0.1) is 6.42 Å². The van der Waals surface area contributed by atoms with E-state index in [4.69, 9.17) is 30.6 Å². The van der Waals surface area contributed by atoms with Crippen molar-refractivity contribution in [3.05, 3.63) is 41.5 Å². The number of ether oxygens (including phenoxy) is 3. The zero-order chi connectivity index (χ0) is 40.9. The number of carbonyl (C=O) groups is 1. The van der Waals surface area contributed by atoms with Crippen LogP contribution in [0, 0.1) is 41.2 Å². The molecule has 4 atom stereocenters. The van der Waals surface area contributed by atoms with Crippen LogP contribution >= 0.6 is 0 Å². The third kappa shape index (κ3) is 7.37. The first kappa shape index (κ1) is 40.0. The Morgan fingerprint density at radius 2 is 1.91 bits per heavy atom. The second kappa shape index (κ2) is 15.7. The molecule has 2 aromatic carbocycles. The summed E-state index contributed by atoms with van der Waals surface area (Å²) in [6, 6.07) is 5.62. The Hall–Kier alpha value is -4.84. The summed E-state index contributed by atoms with van der Waals surface area (Å²) in [5.74, 6) is 1.49. The number of hydrogen-bond acceptors (Lipinski definition) is 11. The molecule has 1 saturated carbocycles. The summed E-state index contributed by atoms with van der Waals surface area (Å²) in [6.45, 7) is 10.2. The molecule has 1 amide bonds. The number of aromatic nitrogens is 3. The Labute approximate surface area is 337 Å². The smallest absolute Gasteiger partial charge is 0.319 e. The van der Waals surface area contributed by atoms with Crippen LogP contribution in [0.15, 0.2) is 24.3 Å². The van der Waals surface area contributed by atoms with E-state index < -0.39 is 17.2 Å². The molecule has 5 heterocycles. The average molecular weight is 799 g/mol. The number of aromatic hydroxyl groups is 1. The Morgan fingerprint density at radius 3 is 2.69 bits per heavy atom. The average Bonchev–Trinajstić information content (AvgIpc) is 3.81. The lowest BCUT2D eigenvalue weighted by Gasteiger charge is -2.47. The van der Waals surface area contributed by atoms with Crippen molar-refractivity contribution < 1.29 is 38.0 Å². The highest BCUT2D eigenvalue weighted by atomic mass is 19.1. The Kier molecular flexibility index (Phi) is 10.8. The number of phenols is 1. The number of phenolic OH excluding ortho intramolecular Hbond substituents is 1. The van der Waals surface area contributed by atoms with Crippen molar-refractivity contribution in [2.45, 2.75) is 70.9 Å². The van der Waals surface area contributed by atoms with E-state index in [1.807, 2.05) is 18.7 Å². The minimum atomic E-state index is -1.26. The normalized spacial score (nSPS) is 25.3. The van der Waals surface area contributed by atoms with Gasteiger partial charge in [-0.05, 0) is 75.1 Å². The second-order valence-corrected chi connectivity index (χ2v) is 17.2. The van der Waals surface area contributed by atoms with E-state index in [0.717, 1.165) is 64.7 Å². The number of hydrogen-bond donors (Lipinski definition) is 2. The van der Waals surface area contributed by atoms with Gasteiger partial charge in [0.2, 0.25) is 11.8 Å². The summed E-state index contributed by atoms with van der Waals surface area (Å²) in [7, 11) is 1.39. The van der Waals surface area contributed by atoms with Crippen molar-refractivity contribution >= 4 is 33.4 Å². The molecule has 4 fully saturated rings. The van der Waals surface area contributed by atoms with E-state index in [9.17, 15) is 15.0 Å². The molecule has 0 spiro atoms. The van der Waals surface area contributed by atoms with Gasteiger partial charge in [-0.3, -0.25) is 9.69 Å². The van der Waals surface area contributed by atoms with E-state index in [1.54, 1.807) is 11.8 Å². The number of likely N-dealkylation sites (tertiary alicyclic amines) is 2. The van der Waals surface area contributed by atoms with E-state index >= 15 is 8.78 Å². The first-order chi connectivity index (χ1) is 27.8. The monoisotopic (exact) mass is 798 g/mol. The molecule has 1 aliphatic carbocycles. The van der Waals surface area contributed by atoms with Gasteiger partial charge >= 0.3 is 6.01 Å². The number of halogens is 2. The van der Waals surface area contributed by atoms with Crippen LogP contribution in [0.25, 0.3) is 32.9 Å². The van der Waals surface area contributed by atoms with Crippen LogP contribution in [-0.2, 0) is 9.53 Å². The van der Waals surface area contributed by atoms with Gasteiger partial charge in [-0.2, -0.15) is 9.97 Å². The topological polar surface area (TPSA) is 134 Å². The third-order valence-electron chi connectivity index (χ3n) is 12.6. The lowest BCUT2D eigenvalue weighted by Crippen LogP contribution is -2.53. The van der Waals surface area contributed by atoms with Crippen molar-refractivity contribution in [3.8, 4) is 41.2 Å². The molecule has 14 heteroatoms. The molecule has 4 aliphatic rings. The van der Waals surface area contributed by atoms with Crippen molar-refractivity contribution in [1.29, 1.82) is 0 Å². The fourth-order valence-corrected chi connectivity index (χ4v) is 9.98. The van der Waals surface area contributed by atoms with Crippen LogP contribution in [0.2, 0.25) is 0 Å². The number of amides is 1. The standard InChI is InChI=1S/C44H52F2N6O6/c1-6-30-32(45)11-10-28-19-29(53)20-31(34(28)30)37-36(46)38-35(40(47-37)56-5)39(52-17-18-57-24-43(4,55)23-52)49-42(48-38)58-25-44-13-7-9-33(44)50(15-8-14-44)21-27-12-16-51(22-27)41(54)26(2)3/h1,10-11,19-20,26-27,33,53,55H,7-9,12-18,21-25H2,2-5H3/t27-,33+,43-,44+/m0/s1. The first-order valence-electron chi connectivity index (χ1n) is 20.4. The zero-order valence-electron chi connectivity index (χ0n) is 33.7. The number of terminal acetylenes is 1. The number of rotatable bonds is 9. The van der Waals surface area contributed by atoms with Gasteiger partial charge in [0.1, 0.15) is 39.6 Å². The highest BCUT2D eigenvalue weighted by Gasteiger charge is 2.49. The maximum absolute atomic E-state index is 17.4. The fourth-order valence-electron chi connectivity index (χ4n) is 9.98. The van der Waals surface area contributed by atoms with Crippen LogP contribution < -0.4 is 14.4 Å². The SMILES string of the molecule is C#Cc1c(F)ccc2cc(O)cc(-c3nc(OC)c4c(N5CCOC[C@@](C)(O)C5)nc(OC[C@]56CCC[C@H]5N(C[C@@H]5CCN(C(=O)C(C)C)C5)CCC6)nc4c3F)c12. The third-order valence-corrected chi connectivity index (χ3v) is 12.6. The number of nitrogens with zero attached hydrogens (tertiary/aromatic N) is 6. The number of β-amino-alcohol motifs (C(OH)–C–C–N with tert-alkyl or cyclic N) is 1. The number of methoxy groups -OCH3 is 1. The lowest BCUT2D eigenvalue weighted by atomic mass is 9.75. The molecule has 12 nitrogen and oxygen atoms in total. The maximum Gasteiger partial charge on any atom is 0.319 e. The van der Waals surface area contributed by atoms with E-state index in [1.165, 1.54) is 31.4 Å². The molecule has 0 unspecified atom stereocenters. The predicted molar refractivity (Wildman–Crippen MR) is 216 cm³/mol. The number of aliphatic hydroxyl groups is 1. The summed E-state index contributed by atoms with van der Waals surface area (Å²) >= 11 is 0. The molecule has 58 heavy (non-hydrogen) atoms. The van der Waals surface area contributed by atoms with Crippen molar-refractivity contribution in [2.75, 3.05) is 71.1 Å². The van der Waals surface area contributed by atoms with Crippen LogP contribution in [0.5, 0.6) is 17.6 Å². The quantitative estimate of drug-likeness (QED) is 0.196. The number of fused-ring (bicyclic) bond motifs is 3. The number of pyridine rings is 1. The van der Waals surface area contributed by atoms with Gasteiger partial charge in [-0.25, -0.2) is 13.8 Å². The molecule has 0 bridgehead atoms. The van der Waals surface area contributed by atoms with Crippen molar-refractivity contribution in [3.63, 3.8) is 0 Å². The Morgan fingerprint density at radius 1 is 1.10 bits per heavy atom. The summed E-state index contributed by atoms with van der Waals surface area (Å²) in [6.07, 6.45) is 11.8. The minimum absolute atomic E-state index is 0.0121. The predicted octanol–water partition coefficient (Wildman–Crippen LogP) is 5.92. The molecule has 3 aliphatic heterocycles. The molecular formula is C44H52F2N6O6. The van der Waals surface area contributed by atoms with Crippen LogP contribution in [0.4, 0.5) is 14.6 Å². The van der Waals surface area contributed by atoms with E-state index in [-0.39, 0.29) is 99.6 Å². The summed E-state index contributed by atoms with van der Waals surface area (Å²) in [5, 5.41) is 22.7. The van der Waals surface area contributed by atoms with E-state index in [0.29, 0.717) is 24.5 Å². The molecular weight excluding hydrogens is 747 g/mol. The molecule has 308 valence electrons. The summed E-state index contributed by atoms with van der Waals surface area (Å²) in [4.78, 5) is 33.4. The van der Waals surface area contributed by atoms with Gasteiger partial charge in [0.15, 0.2) is 5.82 Å². The van der Waals surface area contributed by atoms with Gasteiger partial charge in [0, 0.05) is 54.5 Å². The second-order valence-electron chi connectivity index (χ2n) is 17.2. The molecule has 0 radical (unpaired) electrons. The van der Waals surface area contributed by atoms with Gasteiger partial charge < -0.3 is 34.2 Å². The lowest BCUT2D eigenvalue weighted by molar-refractivity contribution is -0.133. The highest BCUT2D eigenvalue weighted by Crippen LogP contribution is 2.49. The maximum atomic E-state index is 17.4. The number of carbonyl (C=O) groups excluding carboxylic acids is 1. The van der Waals surface area contributed by atoms with Gasteiger partial charge in [-0.1, -0.05) is 32.3 Å². The molecule has 2 N–H and O–H groups in total. The van der Waals surface area contributed by atoms with Crippen LogP contribution in [0.1, 0.15) is 64.9 Å². The fraction of sp³-hybridized carbons (Fsp3) is 0.545.